The van der Waals surface area contributed by atoms with Crippen LogP contribution in [0.25, 0.3) is 16.7 Å². The zero-order valence-electron chi connectivity index (χ0n) is 20.4. The molecule has 182 valence electrons. The lowest BCUT2D eigenvalue weighted by Gasteiger charge is -2.35. The Kier molecular flexibility index (Phi) is 6.27. The Labute approximate surface area is 204 Å². The molecule has 35 heavy (non-hydrogen) atoms. The van der Waals surface area contributed by atoms with Gasteiger partial charge in [-0.15, -0.1) is 0 Å². The Balaban J connectivity index is 1.47. The molecule has 0 unspecified atom stereocenters. The van der Waals surface area contributed by atoms with Crippen molar-refractivity contribution in [2.24, 2.45) is 0 Å². The number of fused-ring (bicyclic) bond motifs is 1. The van der Waals surface area contributed by atoms with E-state index in [1.807, 2.05) is 41.9 Å². The predicted molar refractivity (Wildman–Crippen MR) is 139 cm³/mol. The van der Waals surface area contributed by atoms with E-state index in [2.05, 4.69) is 46.2 Å². The summed E-state index contributed by atoms with van der Waals surface area (Å²) in [7, 11) is 2.16. The van der Waals surface area contributed by atoms with Crippen LogP contribution in [0.3, 0.4) is 0 Å². The summed E-state index contributed by atoms with van der Waals surface area (Å²) in [6.07, 6.45) is 1.59. The molecule has 3 heterocycles. The quantitative estimate of drug-likeness (QED) is 0.445. The van der Waals surface area contributed by atoms with Crippen LogP contribution in [0.4, 0.5) is 17.3 Å². The van der Waals surface area contributed by atoms with Gasteiger partial charge in [-0.3, -0.25) is 4.79 Å². The summed E-state index contributed by atoms with van der Waals surface area (Å²) in [5.74, 6) is 0.429. The topological polar surface area (TPSA) is 91.5 Å². The van der Waals surface area contributed by atoms with E-state index in [-0.39, 0.29) is 12.2 Å². The number of rotatable bonds is 6. The van der Waals surface area contributed by atoms with Gasteiger partial charge in [0.1, 0.15) is 5.39 Å². The summed E-state index contributed by atoms with van der Waals surface area (Å²) < 4.78 is 3.46. The van der Waals surface area contributed by atoms with Gasteiger partial charge in [-0.2, -0.15) is 4.98 Å². The Hall–Kier alpha value is -3.69. The number of anilines is 3. The molecule has 0 aliphatic carbocycles. The summed E-state index contributed by atoms with van der Waals surface area (Å²) in [5.41, 5.74) is 5.36. The number of benzene rings is 2. The van der Waals surface area contributed by atoms with Crippen molar-refractivity contribution in [3.8, 4) is 5.69 Å². The zero-order valence-corrected chi connectivity index (χ0v) is 20.4. The molecule has 2 N–H and O–H groups in total. The number of piperazine rings is 1. The average Bonchev–Trinajstić information content (AvgIpc) is 3.15. The van der Waals surface area contributed by atoms with E-state index in [1.165, 1.54) is 11.3 Å². The van der Waals surface area contributed by atoms with E-state index >= 15 is 0 Å². The molecule has 0 spiro atoms. The largest absolute Gasteiger partial charge is 0.392 e. The maximum atomic E-state index is 13.0. The van der Waals surface area contributed by atoms with Crippen LogP contribution in [-0.4, -0.2) is 62.6 Å². The summed E-state index contributed by atoms with van der Waals surface area (Å²) in [5, 5.41) is 13.2. The Morgan fingerprint density at radius 1 is 1.06 bits per heavy atom. The standard InChI is InChI=1S/C26H31N7O2/c1-4-32-25(35)22-16-27-26(29-24(22)33(32)21-8-5-19(17-34)6-9-21)28-20-7-10-23(18(2)15-20)31-13-11-30(3)12-14-31/h5-10,15-16,34H,4,11-14,17H2,1-3H3,(H,27,28,29). The second-order valence-electron chi connectivity index (χ2n) is 9.00. The lowest BCUT2D eigenvalue weighted by atomic mass is 10.1. The first-order valence-corrected chi connectivity index (χ1v) is 12.0. The highest BCUT2D eigenvalue weighted by Gasteiger charge is 2.18. The van der Waals surface area contributed by atoms with Crippen LogP contribution >= 0.6 is 0 Å². The van der Waals surface area contributed by atoms with Gasteiger partial charge in [-0.1, -0.05) is 12.1 Å². The van der Waals surface area contributed by atoms with Gasteiger partial charge in [0, 0.05) is 50.3 Å². The Morgan fingerprint density at radius 3 is 2.46 bits per heavy atom. The average molecular weight is 474 g/mol. The highest BCUT2D eigenvalue weighted by Crippen LogP contribution is 2.26. The Morgan fingerprint density at radius 2 is 1.80 bits per heavy atom. The molecule has 1 aliphatic heterocycles. The molecule has 1 aliphatic rings. The van der Waals surface area contributed by atoms with E-state index in [4.69, 9.17) is 4.98 Å². The molecule has 9 nitrogen and oxygen atoms in total. The van der Waals surface area contributed by atoms with Crippen molar-refractivity contribution >= 4 is 28.4 Å². The molecular weight excluding hydrogens is 442 g/mol. The van der Waals surface area contributed by atoms with Gasteiger partial charge < -0.3 is 20.2 Å². The molecule has 1 fully saturated rings. The van der Waals surface area contributed by atoms with Crippen LogP contribution < -0.4 is 15.8 Å². The second kappa shape index (κ2) is 9.52. The minimum Gasteiger partial charge on any atom is -0.392 e. The molecule has 1 saturated heterocycles. The summed E-state index contributed by atoms with van der Waals surface area (Å²) in [6.45, 7) is 8.69. The van der Waals surface area contributed by atoms with Crippen molar-refractivity contribution in [3.63, 3.8) is 0 Å². The number of aliphatic hydroxyl groups is 1. The fraction of sp³-hybridized carbons (Fsp3) is 0.346. The SMILES string of the molecule is CCn1c(=O)c2cnc(Nc3ccc(N4CCN(C)CC4)c(C)c3)nc2n1-c1ccc(CO)cc1. The normalized spacial score (nSPS) is 14.6. The minimum absolute atomic E-state index is 0.0312. The van der Waals surface area contributed by atoms with Crippen LogP contribution in [0.15, 0.2) is 53.5 Å². The molecule has 0 saturated carbocycles. The van der Waals surface area contributed by atoms with Gasteiger partial charge in [0.25, 0.3) is 5.56 Å². The molecule has 4 aromatic rings. The summed E-state index contributed by atoms with van der Waals surface area (Å²) in [4.78, 5) is 26.9. The molecule has 2 aromatic heterocycles. The van der Waals surface area contributed by atoms with Crippen molar-refractivity contribution in [2.45, 2.75) is 27.0 Å². The number of nitrogens with one attached hydrogen (secondary N) is 1. The van der Waals surface area contributed by atoms with Gasteiger partial charge in [-0.25, -0.2) is 14.3 Å². The first kappa shape index (κ1) is 23.1. The molecular formula is C26H31N7O2. The highest BCUT2D eigenvalue weighted by atomic mass is 16.3. The lowest BCUT2D eigenvalue weighted by Crippen LogP contribution is -2.44. The second-order valence-corrected chi connectivity index (χ2v) is 9.00. The molecule has 0 atom stereocenters. The van der Waals surface area contributed by atoms with E-state index in [0.29, 0.717) is 23.5 Å². The number of likely N-dealkylation sites (N-methyl/N-ethyl adjacent to an activating group) is 1. The third kappa shape index (κ3) is 4.40. The van der Waals surface area contributed by atoms with Crippen LogP contribution in [0, 0.1) is 6.92 Å². The number of aliphatic hydroxyl groups excluding tert-OH is 1. The van der Waals surface area contributed by atoms with Gasteiger partial charge in [0.05, 0.1) is 12.3 Å². The van der Waals surface area contributed by atoms with E-state index in [9.17, 15) is 9.90 Å². The van der Waals surface area contributed by atoms with Crippen LogP contribution in [0.5, 0.6) is 0 Å². The number of hydrogen-bond donors (Lipinski definition) is 2. The van der Waals surface area contributed by atoms with E-state index < -0.39 is 0 Å². The molecule has 5 rings (SSSR count). The van der Waals surface area contributed by atoms with Crippen LogP contribution in [0.2, 0.25) is 0 Å². The third-order valence-corrected chi connectivity index (χ3v) is 6.64. The lowest BCUT2D eigenvalue weighted by molar-refractivity contribution is 0.282. The summed E-state index contributed by atoms with van der Waals surface area (Å²) in [6, 6.07) is 13.8. The highest BCUT2D eigenvalue weighted by molar-refractivity contribution is 5.77. The fourth-order valence-electron chi connectivity index (χ4n) is 4.64. The maximum Gasteiger partial charge on any atom is 0.278 e. The number of aromatic nitrogens is 4. The van der Waals surface area contributed by atoms with Crippen molar-refractivity contribution in [3.05, 3.63) is 70.1 Å². The van der Waals surface area contributed by atoms with Gasteiger partial charge in [-0.05, 0) is 62.4 Å². The molecule has 0 radical (unpaired) electrons. The van der Waals surface area contributed by atoms with E-state index in [0.717, 1.165) is 43.1 Å². The molecule has 0 amide bonds. The van der Waals surface area contributed by atoms with Crippen molar-refractivity contribution in [1.29, 1.82) is 0 Å². The third-order valence-electron chi connectivity index (χ3n) is 6.64. The minimum atomic E-state index is -0.132. The molecule has 0 bridgehead atoms. The monoisotopic (exact) mass is 473 g/mol. The maximum absolute atomic E-state index is 13.0. The van der Waals surface area contributed by atoms with Crippen molar-refractivity contribution < 1.29 is 5.11 Å². The molecule has 2 aromatic carbocycles. The van der Waals surface area contributed by atoms with E-state index in [1.54, 1.807) is 10.9 Å². The summed E-state index contributed by atoms with van der Waals surface area (Å²) >= 11 is 0. The predicted octanol–water partition coefficient (Wildman–Crippen LogP) is 2.90. The van der Waals surface area contributed by atoms with Gasteiger partial charge in [0.2, 0.25) is 5.95 Å². The van der Waals surface area contributed by atoms with Gasteiger partial charge in [0.15, 0.2) is 5.65 Å². The van der Waals surface area contributed by atoms with Gasteiger partial charge >= 0.3 is 0 Å². The Bertz CT molecular complexity index is 1400. The van der Waals surface area contributed by atoms with Crippen LogP contribution in [-0.2, 0) is 13.2 Å². The fourth-order valence-corrected chi connectivity index (χ4v) is 4.64. The van der Waals surface area contributed by atoms with Crippen LogP contribution in [0.1, 0.15) is 18.1 Å². The first-order valence-electron chi connectivity index (χ1n) is 12.0. The zero-order chi connectivity index (χ0) is 24.5. The number of aryl methyl sites for hydroxylation is 1. The van der Waals surface area contributed by atoms with Crippen molar-refractivity contribution in [1.82, 2.24) is 24.2 Å². The number of hydrogen-bond acceptors (Lipinski definition) is 7. The number of nitrogens with zero attached hydrogens (tertiary/aromatic N) is 6. The smallest absolute Gasteiger partial charge is 0.278 e. The van der Waals surface area contributed by atoms with Crippen molar-refractivity contribution in [2.75, 3.05) is 43.4 Å². The molecule has 9 heteroatoms. The first-order chi connectivity index (χ1) is 17.0.